The lowest BCUT2D eigenvalue weighted by Crippen LogP contribution is -2.28. The molecule has 7 nitrogen and oxygen atoms in total. The minimum absolute atomic E-state index is 0. The van der Waals surface area contributed by atoms with Crippen LogP contribution in [0.1, 0.15) is 12.5 Å². The molecule has 4 rings (SSSR count). The standard InChI is InChI=1S/C22H23N3O4.ClH/c1-4-29-16-7-5-15(6-8-16)23-21-13-18-17-12-20(28-3)19(27-2)11-14(17)9-10-25(18)22(26)24-21;/h5-8,11-13H,4,9-10H2,1-3H3,(H,23,24,26);1H. The van der Waals surface area contributed by atoms with Crippen LogP contribution >= 0.6 is 12.4 Å². The summed E-state index contributed by atoms with van der Waals surface area (Å²) < 4.78 is 18.0. The summed E-state index contributed by atoms with van der Waals surface area (Å²) in [4.78, 5) is 16.8. The SMILES string of the molecule is CCOc1ccc(Nc2cc3n(c(=O)n2)CCc2cc(OC)c(OC)cc2-3)cc1.Cl. The first-order chi connectivity index (χ1) is 14.1. The molecule has 0 spiro atoms. The van der Waals surface area contributed by atoms with Crippen LogP contribution in [0.2, 0.25) is 0 Å². The Morgan fingerprint density at radius 2 is 1.77 bits per heavy atom. The van der Waals surface area contributed by atoms with E-state index in [1.807, 2.05) is 49.4 Å². The number of benzene rings is 2. The summed E-state index contributed by atoms with van der Waals surface area (Å²) in [6, 6.07) is 13.3. The lowest BCUT2D eigenvalue weighted by Gasteiger charge is -2.23. The highest BCUT2D eigenvalue weighted by Gasteiger charge is 2.21. The molecule has 1 aromatic heterocycles. The van der Waals surface area contributed by atoms with Gasteiger partial charge in [-0.2, -0.15) is 4.98 Å². The number of nitrogens with zero attached hydrogens (tertiary/aromatic N) is 2. The number of methoxy groups -OCH3 is 2. The molecule has 1 aliphatic heterocycles. The number of nitrogens with one attached hydrogen (secondary N) is 1. The lowest BCUT2D eigenvalue weighted by atomic mass is 9.97. The molecule has 0 atom stereocenters. The Morgan fingerprint density at radius 1 is 1.07 bits per heavy atom. The second kappa shape index (κ2) is 9.09. The van der Waals surface area contributed by atoms with Crippen LogP contribution < -0.4 is 25.2 Å². The van der Waals surface area contributed by atoms with Gasteiger partial charge in [-0.15, -0.1) is 12.4 Å². The normalized spacial score (nSPS) is 11.6. The molecule has 8 heteroatoms. The minimum atomic E-state index is -0.281. The van der Waals surface area contributed by atoms with Gasteiger partial charge in [-0.25, -0.2) is 4.79 Å². The number of aryl methyl sites for hydroxylation is 1. The predicted molar refractivity (Wildman–Crippen MR) is 119 cm³/mol. The average molecular weight is 430 g/mol. The molecule has 2 heterocycles. The van der Waals surface area contributed by atoms with E-state index in [1.165, 1.54) is 0 Å². The second-order valence-electron chi connectivity index (χ2n) is 6.66. The third-order valence-electron chi connectivity index (χ3n) is 4.94. The van der Waals surface area contributed by atoms with Gasteiger partial charge in [-0.05, 0) is 55.3 Å². The van der Waals surface area contributed by atoms with Crippen LogP contribution in [-0.2, 0) is 13.0 Å². The van der Waals surface area contributed by atoms with Gasteiger partial charge >= 0.3 is 5.69 Å². The fourth-order valence-electron chi connectivity index (χ4n) is 3.56. The van der Waals surface area contributed by atoms with Crippen LogP contribution in [0.3, 0.4) is 0 Å². The Kier molecular flexibility index (Phi) is 6.52. The number of aromatic nitrogens is 2. The van der Waals surface area contributed by atoms with Crippen molar-refractivity contribution in [1.29, 1.82) is 0 Å². The topological polar surface area (TPSA) is 74.6 Å². The van der Waals surface area contributed by atoms with Crippen LogP contribution in [0.15, 0.2) is 47.3 Å². The van der Waals surface area contributed by atoms with Crippen molar-refractivity contribution < 1.29 is 14.2 Å². The molecular weight excluding hydrogens is 406 g/mol. The van der Waals surface area contributed by atoms with Crippen molar-refractivity contribution in [3.63, 3.8) is 0 Å². The van der Waals surface area contributed by atoms with Crippen molar-refractivity contribution in [2.75, 3.05) is 26.1 Å². The summed E-state index contributed by atoms with van der Waals surface area (Å²) in [5, 5.41) is 3.21. The number of ether oxygens (including phenoxy) is 3. The van der Waals surface area contributed by atoms with Crippen molar-refractivity contribution in [3.05, 3.63) is 58.5 Å². The second-order valence-corrected chi connectivity index (χ2v) is 6.66. The van der Waals surface area contributed by atoms with E-state index >= 15 is 0 Å². The molecule has 0 radical (unpaired) electrons. The van der Waals surface area contributed by atoms with Crippen molar-refractivity contribution in [3.8, 4) is 28.5 Å². The molecule has 1 aliphatic rings. The van der Waals surface area contributed by atoms with Crippen molar-refractivity contribution >= 4 is 23.9 Å². The maximum atomic E-state index is 12.6. The highest BCUT2D eigenvalue weighted by molar-refractivity contribution is 5.85. The largest absolute Gasteiger partial charge is 0.494 e. The zero-order valence-corrected chi connectivity index (χ0v) is 17.9. The Morgan fingerprint density at radius 3 is 2.43 bits per heavy atom. The molecule has 3 aromatic rings. The first kappa shape index (κ1) is 21.5. The number of rotatable bonds is 6. The molecule has 0 unspecified atom stereocenters. The van der Waals surface area contributed by atoms with Crippen molar-refractivity contribution in [2.24, 2.45) is 0 Å². The van der Waals surface area contributed by atoms with Gasteiger partial charge in [-0.1, -0.05) is 0 Å². The van der Waals surface area contributed by atoms with Gasteiger partial charge in [0, 0.05) is 23.9 Å². The molecule has 158 valence electrons. The number of hydrogen-bond donors (Lipinski definition) is 1. The Labute approximate surface area is 181 Å². The summed E-state index contributed by atoms with van der Waals surface area (Å²) in [6.45, 7) is 3.13. The smallest absolute Gasteiger partial charge is 0.350 e. The van der Waals surface area contributed by atoms with Gasteiger partial charge in [0.05, 0.1) is 26.5 Å². The van der Waals surface area contributed by atoms with Gasteiger partial charge in [-0.3, -0.25) is 4.57 Å². The van der Waals surface area contributed by atoms with Gasteiger partial charge in [0.1, 0.15) is 11.6 Å². The van der Waals surface area contributed by atoms with Crippen LogP contribution in [0.5, 0.6) is 17.2 Å². The summed E-state index contributed by atoms with van der Waals surface area (Å²) in [5.74, 6) is 2.60. The van der Waals surface area contributed by atoms with E-state index in [4.69, 9.17) is 14.2 Å². The van der Waals surface area contributed by atoms with Crippen LogP contribution in [0, 0.1) is 0 Å². The maximum absolute atomic E-state index is 12.6. The molecule has 0 aliphatic carbocycles. The van der Waals surface area contributed by atoms with Crippen LogP contribution in [0.25, 0.3) is 11.3 Å². The Balaban J connectivity index is 0.00000256. The molecule has 2 aromatic carbocycles. The molecule has 1 N–H and O–H groups in total. The zero-order chi connectivity index (χ0) is 20.4. The van der Waals surface area contributed by atoms with E-state index in [0.29, 0.717) is 30.5 Å². The van der Waals surface area contributed by atoms with Gasteiger partial charge in [0.2, 0.25) is 0 Å². The number of hydrogen-bond acceptors (Lipinski definition) is 6. The fourth-order valence-corrected chi connectivity index (χ4v) is 3.56. The van der Waals surface area contributed by atoms with Gasteiger partial charge < -0.3 is 19.5 Å². The molecule has 0 saturated heterocycles. The maximum Gasteiger partial charge on any atom is 0.350 e. The monoisotopic (exact) mass is 429 g/mol. The molecule has 30 heavy (non-hydrogen) atoms. The number of halogens is 1. The van der Waals surface area contributed by atoms with Crippen LogP contribution in [0.4, 0.5) is 11.5 Å². The van der Waals surface area contributed by atoms with E-state index in [-0.39, 0.29) is 18.1 Å². The van der Waals surface area contributed by atoms with Gasteiger partial charge in [0.15, 0.2) is 11.5 Å². The van der Waals surface area contributed by atoms with Crippen molar-refractivity contribution in [2.45, 2.75) is 19.9 Å². The Bertz CT molecular complexity index is 1100. The molecule has 0 fully saturated rings. The highest BCUT2D eigenvalue weighted by atomic mass is 35.5. The van der Waals surface area contributed by atoms with E-state index in [2.05, 4.69) is 10.3 Å². The number of fused-ring (bicyclic) bond motifs is 3. The third kappa shape index (κ3) is 4.07. The van der Waals surface area contributed by atoms with Crippen LogP contribution in [-0.4, -0.2) is 30.4 Å². The first-order valence-corrected chi connectivity index (χ1v) is 9.50. The van der Waals surface area contributed by atoms with E-state index in [0.717, 1.165) is 34.7 Å². The lowest BCUT2D eigenvalue weighted by molar-refractivity contribution is 0.340. The molecule has 0 bridgehead atoms. The fraction of sp³-hybridized carbons (Fsp3) is 0.273. The third-order valence-corrected chi connectivity index (χ3v) is 4.94. The summed E-state index contributed by atoms with van der Waals surface area (Å²) in [7, 11) is 3.22. The molecule has 0 amide bonds. The highest BCUT2D eigenvalue weighted by Crippen LogP contribution is 2.38. The summed E-state index contributed by atoms with van der Waals surface area (Å²) in [5.41, 5.74) is 3.41. The number of anilines is 2. The molecule has 0 saturated carbocycles. The van der Waals surface area contributed by atoms with Crippen molar-refractivity contribution in [1.82, 2.24) is 9.55 Å². The zero-order valence-electron chi connectivity index (χ0n) is 17.1. The average Bonchev–Trinajstić information content (AvgIpc) is 2.74. The van der Waals surface area contributed by atoms with E-state index < -0.39 is 0 Å². The predicted octanol–water partition coefficient (Wildman–Crippen LogP) is 4.05. The summed E-state index contributed by atoms with van der Waals surface area (Å²) in [6.07, 6.45) is 0.732. The Hall–Kier alpha value is -3.19. The van der Waals surface area contributed by atoms with Gasteiger partial charge in [0.25, 0.3) is 0 Å². The molecular formula is C22H24ClN3O4. The van der Waals surface area contributed by atoms with E-state index in [9.17, 15) is 4.79 Å². The first-order valence-electron chi connectivity index (χ1n) is 9.50. The van der Waals surface area contributed by atoms with E-state index in [1.54, 1.807) is 18.8 Å². The quantitative estimate of drug-likeness (QED) is 0.637. The minimum Gasteiger partial charge on any atom is -0.494 e. The summed E-state index contributed by atoms with van der Waals surface area (Å²) >= 11 is 0.